The predicted molar refractivity (Wildman–Crippen MR) is 100 cm³/mol. The van der Waals surface area contributed by atoms with Crippen LogP contribution in [0.3, 0.4) is 0 Å². The quantitative estimate of drug-likeness (QED) is 0.647. The number of thiophene rings is 1. The smallest absolute Gasteiger partial charge is 0.241 e. The summed E-state index contributed by atoms with van der Waals surface area (Å²) in [6, 6.07) is 1.67. The summed E-state index contributed by atoms with van der Waals surface area (Å²) in [4.78, 5) is 3.56. The van der Waals surface area contributed by atoms with Gasteiger partial charge in [0.2, 0.25) is 10.0 Å². The van der Waals surface area contributed by atoms with E-state index >= 15 is 0 Å². The van der Waals surface area contributed by atoms with E-state index < -0.39 is 10.0 Å². The van der Waals surface area contributed by atoms with Crippen LogP contribution in [-0.4, -0.2) is 52.6 Å². The number of nitrogens with one attached hydrogen (secondary N) is 2. The molecule has 2 rings (SSSR count). The van der Waals surface area contributed by atoms with Crippen molar-refractivity contribution in [3.63, 3.8) is 0 Å². The minimum atomic E-state index is -3.37. The molecule has 22 heavy (non-hydrogen) atoms. The number of hydrogen-bond acceptors (Lipinski definition) is 5. The van der Waals surface area contributed by atoms with Crippen LogP contribution >= 0.6 is 52.1 Å². The molecule has 0 aromatic carbocycles. The SMILES string of the molecule is Cc1sc(Br)cc1S(=O)(=O)NCCCN1CCNCC1.Cl.Cl. The van der Waals surface area contributed by atoms with Crippen molar-refractivity contribution in [3.05, 3.63) is 14.7 Å². The van der Waals surface area contributed by atoms with Gasteiger partial charge >= 0.3 is 0 Å². The highest BCUT2D eigenvalue weighted by Gasteiger charge is 2.19. The van der Waals surface area contributed by atoms with Crippen molar-refractivity contribution in [2.45, 2.75) is 18.2 Å². The van der Waals surface area contributed by atoms with Crippen molar-refractivity contribution in [3.8, 4) is 0 Å². The number of hydrogen-bond donors (Lipinski definition) is 2. The third-order valence-corrected chi connectivity index (χ3v) is 6.55. The maximum Gasteiger partial charge on any atom is 0.241 e. The molecule has 1 aromatic rings. The van der Waals surface area contributed by atoms with E-state index in [0.717, 1.165) is 47.8 Å². The summed E-state index contributed by atoms with van der Waals surface area (Å²) in [5.41, 5.74) is 0. The van der Waals surface area contributed by atoms with Crippen LogP contribution in [0.2, 0.25) is 0 Å². The second-order valence-corrected chi connectivity index (χ2v) is 9.18. The Morgan fingerprint density at radius 1 is 1.36 bits per heavy atom. The summed E-state index contributed by atoms with van der Waals surface area (Å²) in [5.74, 6) is 0. The summed E-state index contributed by atoms with van der Waals surface area (Å²) >= 11 is 4.76. The van der Waals surface area contributed by atoms with Gasteiger partial charge < -0.3 is 10.2 Å². The molecule has 10 heteroatoms. The van der Waals surface area contributed by atoms with Crippen LogP contribution in [0.15, 0.2) is 14.7 Å². The van der Waals surface area contributed by atoms with Gasteiger partial charge in [-0.3, -0.25) is 0 Å². The molecule has 1 saturated heterocycles. The lowest BCUT2D eigenvalue weighted by Gasteiger charge is -2.27. The van der Waals surface area contributed by atoms with E-state index in [2.05, 4.69) is 30.9 Å². The Labute approximate surface area is 157 Å². The average Bonchev–Trinajstić information content (AvgIpc) is 2.76. The minimum Gasteiger partial charge on any atom is -0.314 e. The van der Waals surface area contributed by atoms with Gasteiger partial charge in [0.05, 0.1) is 8.68 Å². The first-order chi connectivity index (χ1) is 9.49. The first-order valence-corrected chi connectivity index (χ1v) is 9.77. The van der Waals surface area contributed by atoms with Crippen LogP contribution in [0.4, 0.5) is 0 Å². The number of piperazine rings is 1. The Hall–Kier alpha value is 0.590. The maximum atomic E-state index is 12.2. The zero-order chi connectivity index (χ0) is 14.6. The lowest BCUT2D eigenvalue weighted by molar-refractivity contribution is 0.239. The molecule has 1 fully saturated rings. The number of sulfonamides is 1. The molecule has 0 unspecified atom stereocenters. The van der Waals surface area contributed by atoms with Gasteiger partial charge in [0.15, 0.2) is 0 Å². The molecular formula is C12H22BrCl2N3O2S2. The fourth-order valence-electron chi connectivity index (χ4n) is 2.22. The van der Waals surface area contributed by atoms with Crippen LogP contribution < -0.4 is 10.0 Å². The molecule has 0 atom stereocenters. The number of nitrogens with zero attached hydrogens (tertiary/aromatic N) is 1. The summed E-state index contributed by atoms with van der Waals surface area (Å²) in [6.45, 7) is 7.38. The first-order valence-electron chi connectivity index (χ1n) is 6.68. The van der Waals surface area contributed by atoms with E-state index in [1.165, 1.54) is 11.3 Å². The molecular weight excluding hydrogens is 433 g/mol. The second kappa shape index (κ2) is 10.5. The third kappa shape index (κ3) is 6.60. The van der Waals surface area contributed by atoms with Gasteiger partial charge in [-0.1, -0.05) is 0 Å². The Bertz CT molecular complexity index is 549. The molecule has 0 radical (unpaired) electrons. The molecule has 1 aliphatic heterocycles. The average molecular weight is 455 g/mol. The largest absolute Gasteiger partial charge is 0.314 e. The topological polar surface area (TPSA) is 61.4 Å². The van der Waals surface area contributed by atoms with Crippen molar-refractivity contribution >= 4 is 62.1 Å². The molecule has 2 heterocycles. The maximum absolute atomic E-state index is 12.2. The van der Waals surface area contributed by atoms with Crippen molar-refractivity contribution in [1.29, 1.82) is 0 Å². The molecule has 130 valence electrons. The molecule has 1 aliphatic rings. The molecule has 2 N–H and O–H groups in total. The molecule has 5 nitrogen and oxygen atoms in total. The number of aryl methyl sites for hydroxylation is 1. The predicted octanol–water partition coefficient (Wildman–Crippen LogP) is 2.24. The van der Waals surface area contributed by atoms with Gasteiger partial charge in [0.25, 0.3) is 0 Å². The van der Waals surface area contributed by atoms with Crippen molar-refractivity contribution in [2.24, 2.45) is 0 Å². The van der Waals surface area contributed by atoms with E-state index in [0.29, 0.717) is 11.4 Å². The van der Waals surface area contributed by atoms with Crippen LogP contribution in [0.1, 0.15) is 11.3 Å². The Balaban J connectivity index is 0.00000220. The van der Waals surface area contributed by atoms with E-state index in [-0.39, 0.29) is 24.8 Å². The van der Waals surface area contributed by atoms with Crippen molar-refractivity contribution < 1.29 is 8.42 Å². The molecule has 0 bridgehead atoms. The Morgan fingerprint density at radius 2 is 2.00 bits per heavy atom. The van der Waals surface area contributed by atoms with Crippen molar-refractivity contribution in [2.75, 3.05) is 39.3 Å². The van der Waals surface area contributed by atoms with Crippen LogP contribution in [-0.2, 0) is 10.0 Å². The fourth-order valence-corrected chi connectivity index (χ4v) is 5.71. The highest BCUT2D eigenvalue weighted by molar-refractivity contribution is 9.11. The highest BCUT2D eigenvalue weighted by Crippen LogP contribution is 2.29. The molecule has 0 amide bonds. The van der Waals surface area contributed by atoms with E-state index in [9.17, 15) is 8.42 Å². The standard InChI is InChI=1S/C12H20BrN3O2S2.2ClH/c1-10-11(9-12(13)19-10)20(17,18)15-3-2-6-16-7-4-14-5-8-16;;/h9,14-15H,2-8H2,1H3;2*1H. The lowest BCUT2D eigenvalue weighted by Crippen LogP contribution is -2.44. The van der Waals surface area contributed by atoms with Gasteiger partial charge in [0, 0.05) is 37.6 Å². The Morgan fingerprint density at radius 3 is 2.55 bits per heavy atom. The first kappa shape index (κ1) is 22.6. The van der Waals surface area contributed by atoms with Crippen LogP contribution in [0, 0.1) is 6.92 Å². The van der Waals surface area contributed by atoms with Gasteiger partial charge in [0.1, 0.15) is 0 Å². The van der Waals surface area contributed by atoms with Gasteiger partial charge in [-0.05, 0) is 41.9 Å². The molecule has 0 spiro atoms. The van der Waals surface area contributed by atoms with E-state index in [1.54, 1.807) is 6.07 Å². The van der Waals surface area contributed by atoms with Crippen LogP contribution in [0.25, 0.3) is 0 Å². The summed E-state index contributed by atoms with van der Waals surface area (Å²) < 4.78 is 27.9. The Kier molecular flexibility index (Phi) is 10.7. The highest BCUT2D eigenvalue weighted by atomic mass is 79.9. The summed E-state index contributed by atoms with van der Waals surface area (Å²) in [5, 5.41) is 3.30. The van der Waals surface area contributed by atoms with E-state index in [4.69, 9.17) is 0 Å². The third-order valence-electron chi connectivity index (χ3n) is 3.28. The van der Waals surface area contributed by atoms with E-state index in [1.807, 2.05) is 6.92 Å². The van der Waals surface area contributed by atoms with Crippen LogP contribution in [0.5, 0.6) is 0 Å². The number of rotatable bonds is 6. The number of halogens is 3. The summed E-state index contributed by atoms with van der Waals surface area (Å²) in [6.07, 6.45) is 0.837. The lowest BCUT2D eigenvalue weighted by atomic mass is 10.3. The minimum absolute atomic E-state index is 0. The zero-order valence-corrected chi connectivity index (χ0v) is 17.2. The fraction of sp³-hybridized carbons (Fsp3) is 0.667. The second-order valence-electron chi connectivity index (χ2n) is 4.81. The van der Waals surface area contributed by atoms with Crippen molar-refractivity contribution in [1.82, 2.24) is 14.9 Å². The monoisotopic (exact) mass is 453 g/mol. The van der Waals surface area contributed by atoms with Gasteiger partial charge in [-0.25, -0.2) is 13.1 Å². The normalized spacial score (nSPS) is 15.9. The van der Waals surface area contributed by atoms with Gasteiger partial charge in [-0.15, -0.1) is 36.2 Å². The zero-order valence-electron chi connectivity index (χ0n) is 12.3. The molecule has 0 saturated carbocycles. The molecule has 1 aromatic heterocycles. The molecule has 0 aliphatic carbocycles. The van der Waals surface area contributed by atoms with Gasteiger partial charge in [-0.2, -0.15) is 0 Å². The summed E-state index contributed by atoms with van der Waals surface area (Å²) in [7, 11) is -3.37.